The Morgan fingerprint density at radius 3 is 2.71 bits per heavy atom. The Bertz CT molecular complexity index is 320. The van der Waals surface area contributed by atoms with Gasteiger partial charge in [0.2, 0.25) is 0 Å². The maximum atomic E-state index is 11.7. The summed E-state index contributed by atoms with van der Waals surface area (Å²) in [4.78, 5) is 22.3. The third-order valence-corrected chi connectivity index (χ3v) is 5.11. The molecule has 2 unspecified atom stereocenters. The monoisotopic (exact) mass is 316 g/mol. The maximum absolute atomic E-state index is 11.7. The minimum atomic E-state index is -0.740. The van der Waals surface area contributed by atoms with Gasteiger partial charge in [-0.15, -0.1) is 0 Å². The van der Waals surface area contributed by atoms with Gasteiger partial charge in [-0.25, -0.2) is 4.79 Å². The lowest BCUT2D eigenvalue weighted by molar-refractivity contribution is -0.137. The summed E-state index contributed by atoms with van der Waals surface area (Å²) in [5, 5.41) is 14.5. The Morgan fingerprint density at radius 1 is 1.29 bits per heavy atom. The number of carboxylic acids is 1. The van der Waals surface area contributed by atoms with Crippen LogP contribution in [0.2, 0.25) is 0 Å². The van der Waals surface area contributed by atoms with Gasteiger partial charge >= 0.3 is 12.0 Å². The van der Waals surface area contributed by atoms with E-state index in [-0.39, 0.29) is 12.5 Å². The molecule has 1 rings (SSSR count). The molecule has 3 N–H and O–H groups in total. The van der Waals surface area contributed by atoms with Crippen molar-refractivity contribution in [2.45, 2.75) is 45.4 Å². The highest BCUT2D eigenvalue weighted by atomic mass is 32.2. The van der Waals surface area contributed by atoms with Gasteiger partial charge in [-0.3, -0.25) is 4.79 Å². The number of hydrogen-bond donors (Lipinski definition) is 3. The molecule has 1 aliphatic rings. The molecule has 0 bridgehead atoms. The van der Waals surface area contributed by atoms with E-state index in [1.165, 1.54) is 12.2 Å². The number of carboxylic acid groups (broad SMARTS) is 1. The molecule has 0 aliphatic carbocycles. The van der Waals surface area contributed by atoms with Crippen LogP contribution in [0, 0.1) is 11.8 Å². The Labute approximate surface area is 131 Å². The van der Waals surface area contributed by atoms with E-state index < -0.39 is 5.97 Å². The molecule has 0 saturated carbocycles. The molecule has 0 radical (unpaired) electrons. The molecular weight excluding hydrogens is 288 g/mol. The third kappa shape index (κ3) is 8.86. The van der Waals surface area contributed by atoms with Gasteiger partial charge in [0.25, 0.3) is 0 Å². The lowest BCUT2D eigenvalue weighted by Crippen LogP contribution is -2.39. The first-order valence-electron chi connectivity index (χ1n) is 7.93. The first kappa shape index (κ1) is 18.1. The van der Waals surface area contributed by atoms with E-state index >= 15 is 0 Å². The standard InChI is InChI=1S/C15H28N2O3S/c1-2-3-12(4-5-14(18)19)6-8-16-15(20)17-10-13-7-9-21-11-13/h12-13H,2-11H2,1H3,(H,18,19)(H2,16,17,20). The minimum Gasteiger partial charge on any atom is -0.481 e. The molecule has 1 fully saturated rings. The molecule has 0 aromatic carbocycles. The summed E-state index contributed by atoms with van der Waals surface area (Å²) in [6.45, 7) is 3.49. The fourth-order valence-electron chi connectivity index (χ4n) is 2.60. The van der Waals surface area contributed by atoms with Crippen molar-refractivity contribution in [2.75, 3.05) is 24.6 Å². The second kappa shape index (κ2) is 10.8. The summed E-state index contributed by atoms with van der Waals surface area (Å²) in [6, 6.07) is -0.0969. The van der Waals surface area contributed by atoms with E-state index in [9.17, 15) is 9.59 Å². The molecule has 2 amide bonds. The molecule has 0 aromatic heterocycles. The number of urea groups is 1. The van der Waals surface area contributed by atoms with Gasteiger partial charge in [-0.2, -0.15) is 11.8 Å². The second-order valence-electron chi connectivity index (χ2n) is 5.74. The van der Waals surface area contributed by atoms with Crippen LogP contribution >= 0.6 is 11.8 Å². The zero-order chi connectivity index (χ0) is 15.5. The summed E-state index contributed by atoms with van der Waals surface area (Å²) in [6.07, 6.45) is 5.04. The predicted octanol–water partition coefficient (Wildman–Crippen LogP) is 2.71. The van der Waals surface area contributed by atoms with E-state index in [4.69, 9.17) is 5.11 Å². The number of nitrogens with one attached hydrogen (secondary N) is 2. The molecule has 0 spiro atoms. The van der Waals surface area contributed by atoms with E-state index in [0.29, 0.717) is 24.8 Å². The van der Waals surface area contributed by atoms with Crippen molar-refractivity contribution in [1.82, 2.24) is 10.6 Å². The maximum Gasteiger partial charge on any atom is 0.314 e. The number of carbonyl (C=O) groups excluding carboxylic acids is 1. The van der Waals surface area contributed by atoms with E-state index in [1.54, 1.807) is 0 Å². The largest absolute Gasteiger partial charge is 0.481 e. The molecule has 1 heterocycles. The van der Waals surface area contributed by atoms with E-state index in [0.717, 1.165) is 31.6 Å². The first-order chi connectivity index (χ1) is 10.1. The van der Waals surface area contributed by atoms with Gasteiger partial charge in [0.15, 0.2) is 0 Å². The van der Waals surface area contributed by atoms with Crippen molar-refractivity contribution in [2.24, 2.45) is 11.8 Å². The van der Waals surface area contributed by atoms with Gasteiger partial charge in [0.1, 0.15) is 0 Å². The van der Waals surface area contributed by atoms with Crippen LogP contribution < -0.4 is 10.6 Å². The first-order valence-corrected chi connectivity index (χ1v) is 9.08. The molecule has 21 heavy (non-hydrogen) atoms. The highest BCUT2D eigenvalue weighted by Crippen LogP contribution is 2.22. The van der Waals surface area contributed by atoms with E-state index in [2.05, 4.69) is 17.6 Å². The highest BCUT2D eigenvalue weighted by Gasteiger charge is 2.16. The summed E-state index contributed by atoms with van der Waals surface area (Å²) < 4.78 is 0. The number of thioether (sulfide) groups is 1. The number of carbonyl (C=O) groups is 2. The van der Waals surface area contributed by atoms with Crippen LogP contribution in [-0.4, -0.2) is 41.7 Å². The van der Waals surface area contributed by atoms with Crippen LogP contribution in [0.5, 0.6) is 0 Å². The van der Waals surface area contributed by atoms with Crippen LogP contribution in [-0.2, 0) is 4.79 Å². The minimum absolute atomic E-state index is 0.0969. The van der Waals surface area contributed by atoms with Crippen LogP contribution in [0.4, 0.5) is 4.79 Å². The van der Waals surface area contributed by atoms with Gasteiger partial charge in [0.05, 0.1) is 0 Å². The molecule has 1 aliphatic heterocycles. The topological polar surface area (TPSA) is 78.4 Å². The van der Waals surface area contributed by atoms with Crippen molar-refractivity contribution in [1.29, 1.82) is 0 Å². The molecule has 122 valence electrons. The second-order valence-corrected chi connectivity index (χ2v) is 6.89. The van der Waals surface area contributed by atoms with Crippen molar-refractivity contribution < 1.29 is 14.7 Å². The quantitative estimate of drug-likeness (QED) is 0.579. The van der Waals surface area contributed by atoms with Crippen LogP contribution in [0.1, 0.15) is 45.4 Å². The Hall–Kier alpha value is -0.910. The number of hydrogen-bond acceptors (Lipinski definition) is 3. The fraction of sp³-hybridized carbons (Fsp3) is 0.867. The van der Waals surface area contributed by atoms with Crippen molar-refractivity contribution in [3.05, 3.63) is 0 Å². The highest BCUT2D eigenvalue weighted by molar-refractivity contribution is 7.99. The number of rotatable bonds is 10. The smallest absolute Gasteiger partial charge is 0.314 e. The molecule has 0 aromatic rings. The summed E-state index contributed by atoms with van der Waals surface area (Å²) in [5.74, 6) is 2.61. The van der Waals surface area contributed by atoms with Crippen LogP contribution in [0.3, 0.4) is 0 Å². The zero-order valence-electron chi connectivity index (χ0n) is 12.9. The Balaban J connectivity index is 2.10. The fourth-order valence-corrected chi connectivity index (χ4v) is 3.89. The van der Waals surface area contributed by atoms with Crippen molar-refractivity contribution >= 4 is 23.8 Å². The lowest BCUT2D eigenvalue weighted by Gasteiger charge is -2.16. The average Bonchev–Trinajstić information content (AvgIpc) is 2.95. The SMILES string of the molecule is CCCC(CCNC(=O)NCC1CCSC1)CCC(=O)O. The molecule has 6 heteroatoms. The normalized spacial score (nSPS) is 19.2. The third-order valence-electron chi connectivity index (χ3n) is 3.88. The predicted molar refractivity (Wildman–Crippen MR) is 86.7 cm³/mol. The molecule has 5 nitrogen and oxygen atoms in total. The summed E-state index contributed by atoms with van der Waals surface area (Å²) >= 11 is 1.95. The number of aliphatic carboxylic acids is 1. The van der Waals surface area contributed by atoms with Crippen molar-refractivity contribution in [3.63, 3.8) is 0 Å². The van der Waals surface area contributed by atoms with Gasteiger partial charge in [-0.1, -0.05) is 19.8 Å². The van der Waals surface area contributed by atoms with E-state index in [1.807, 2.05) is 11.8 Å². The molecular formula is C15H28N2O3S. The lowest BCUT2D eigenvalue weighted by atomic mass is 9.94. The molecule has 1 saturated heterocycles. The summed E-state index contributed by atoms with van der Waals surface area (Å²) in [7, 11) is 0. The Kier molecular flexibility index (Phi) is 9.30. The van der Waals surface area contributed by atoms with Crippen LogP contribution in [0.15, 0.2) is 0 Å². The number of amides is 2. The average molecular weight is 316 g/mol. The van der Waals surface area contributed by atoms with Gasteiger partial charge < -0.3 is 15.7 Å². The van der Waals surface area contributed by atoms with Crippen LogP contribution in [0.25, 0.3) is 0 Å². The van der Waals surface area contributed by atoms with Gasteiger partial charge in [0, 0.05) is 19.5 Å². The van der Waals surface area contributed by atoms with Gasteiger partial charge in [-0.05, 0) is 42.6 Å². The molecule has 2 atom stereocenters. The zero-order valence-corrected chi connectivity index (χ0v) is 13.7. The van der Waals surface area contributed by atoms with Crippen molar-refractivity contribution in [3.8, 4) is 0 Å². The Morgan fingerprint density at radius 2 is 2.10 bits per heavy atom. The summed E-state index contributed by atoms with van der Waals surface area (Å²) in [5.41, 5.74) is 0.